The van der Waals surface area contributed by atoms with Gasteiger partial charge in [0.25, 0.3) is 0 Å². The molecule has 0 spiro atoms. The second-order valence-corrected chi connectivity index (χ2v) is 8.32. The van der Waals surface area contributed by atoms with Crippen LogP contribution in [0.4, 0.5) is 4.39 Å². The number of benzene rings is 2. The van der Waals surface area contributed by atoms with E-state index in [0.29, 0.717) is 42.0 Å². The normalized spacial score (nSPS) is 15.0. The molecular weight excluding hydrogens is 461 g/mol. The van der Waals surface area contributed by atoms with E-state index in [4.69, 9.17) is 14.6 Å². The van der Waals surface area contributed by atoms with Gasteiger partial charge in [-0.2, -0.15) is 14.8 Å². The fourth-order valence-electron chi connectivity index (χ4n) is 4.45. The Bertz CT molecular complexity index is 1510. The molecule has 2 aromatic heterocycles. The summed E-state index contributed by atoms with van der Waals surface area (Å²) in [4.78, 5) is 18.1. The van der Waals surface area contributed by atoms with Crippen molar-refractivity contribution >= 4 is 16.8 Å². The lowest BCUT2D eigenvalue weighted by atomic mass is 10.1. The number of likely N-dealkylation sites (tertiary alicyclic amines) is 1. The number of hydrogen-bond acceptors (Lipinski definition) is 6. The summed E-state index contributed by atoms with van der Waals surface area (Å²) >= 11 is 0. The lowest BCUT2D eigenvalue weighted by Crippen LogP contribution is -2.27. The number of hydrogen-bond donors (Lipinski definition) is 0. The van der Waals surface area contributed by atoms with Gasteiger partial charge in [0.05, 0.1) is 24.2 Å². The molecule has 1 amide bonds. The van der Waals surface area contributed by atoms with Crippen LogP contribution in [0.25, 0.3) is 22.2 Å². The molecule has 3 heterocycles. The summed E-state index contributed by atoms with van der Waals surface area (Å²) in [6, 6.07) is 13.9. The number of amides is 1. The molecule has 0 radical (unpaired) electrons. The maximum Gasteiger partial charge on any atom is 0.246 e. The molecule has 1 fully saturated rings. The van der Waals surface area contributed by atoms with Crippen LogP contribution in [0, 0.1) is 17.1 Å². The number of ether oxygens (including phenoxy) is 2. The molecular formula is C27H22FN5O3. The summed E-state index contributed by atoms with van der Waals surface area (Å²) in [5, 5.41) is 15.3. The molecule has 9 heteroatoms. The number of halogens is 1. The number of nitrogens with zero attached hydrogens (tertiary/aromatic N) is 5. The highest BCUT2D eigenvalue weighted by Crippen LogP contribution is 2.35. The number of rotatable bonds is 6. The highest BCUT2D eigenvalue weighted by atomic mass is 19.1. The van der Waals surface area contributed by atoms with E-state index < -0.39 is 5.82 Å². The van der Waals surface area contributed by atoms with Crippen molar-refractivity contribution in [1.82, 2.24) is 19.7 Å². The zero-order valence-electron chi connectivity index (χ0n) is 19.5. The van der Waals surface area contributed by atoms with Crippen molar-refractivity contribution in [1.29, 1.82) is 5.26 Å². The fourth-order valence-corrected chi connectivity index (χ4v) is 4.45. The summed E-state index contributed by atoms with van der Waals surface area (Å²) in [5.74, 6) is -0.106. The number of pyridine rings is 1. The van der Waals surface area contributed by atoms with E-state index in [2.05, 4.69) is 17.6 Å². The van der Waals surface area contributed by atoms with Gasteiger partial charge in [0, 0.05) is 36.4 Å². The Morgan fingerprint density at radius 1 is 1.22 bits per heavy atom. The van der Waals surface area contributed by atoms with E-state index in [1.54, 1.807) is 29.3 Å². The Balaban J connectivity index is 1.50. The Kier molecular flexibility index (Phi) is 6.09. The van der Waals surface area contributed by atoms with E-state index >= 15 is 0 Å². The predicted molar refractivity (Wildman–Crippen MR) is 131 cm³/mol. The average Bonchev–Trinajstić information content (AvgIpc) is 3.55. The van der Waals surface area contributed by atoms with Gasteiger partial charge in [-0.25, -0.2) is 0 Å². The number of carbonyl (C=O) groups excluding carboxylic acids is 1. The standard InChI is InChI=1S/C27H22FN5O3/c1-3-24(34)32-12-11-19(16-32)33-27-18(13-29)14-30-15-21(27)26(31-33)17-7-9-20(10-8-17)36-23-6-4-5-22(35-2)25(23)28/h3-10,14-15,19H,1,11-12,16H2,2H3. The molecule has 36 heavy (non-hydrogen) atoms. The van der Waals surface area contributed by atoms with Crippen molar-refractivity contribution in [2.75, 3.05) is 20.2 Å². The van der Waals surface area contributed by atoms with Crippen LogP contribution in [-0.4, -0.2) is 45.8 Å². The largest absolute Gasteiger partial charge is 0.494 e. The number of methoxy groups -OCH3 is 1. The van der Waals surface area contributed by atoms with E-state index in [9.17, 15) is 14.4 Å². The third kappa shape index (κ3) is 4.03. The van der Waals surface area contributed by atoms with Crippen molar-refractivity contribution in [2.24, 2.45) is 0 Å². The molecule has 8 nitrogen and oxygen atoms in total. The van der Waals surface area contributed by atoms with Gasteiger partial charge in [-0.05, 0) is 48.9 Å². The Morgan fingerprint density at radius 2 is 2.00 bits per heavy atom. The fraction of sp³-hybridized carbons (Fsp3) is 0.185. The SMILES string of the molecule is C=CC(=O)N1CCC(n2nc(-c3ccc(Oc4cccc(OC)c4F)cc3)c3cncc(C#N)c32)C1. The summed E-state index contributed by atoms with van der Waals surface area (Å²) < 4.78 is 27.0. The summed E-state index contributed by atoms with van der Waals surface area (Å²) in [6.07, 6.45) is 5.22. The van der Waals surface area contributed by atoms with Crippen molar-refractivity contribution < 1.29 is 18.7 Å². The zero-order valence-corrected chi connectivity index (χ0v) is 19.5. The summed E-state index contributed by atoms with van der Waals surface area (Å²) in [7, 11) is 1.40. The summed E-state index contributed by atoms with van der Waals surface area (Å²) in [6.45, 7) is 4.64. The molecule has 4 aromatic rings. The van der Waals surface area contributed by atoms with Crippen LogP contribution < -0.4 is 9.47 Å². The lowest BCUT2D eigenvalue weighted by molar-refractivity contribution is -0.125. The minimum Gasteiger partial charge on any atom is -0.494 e. The van der Waals surface area contributed by atoms with Crippen molar-refractivity contribution in [2.45, 2.75) is 12.5 Å². The van der Waals surface area contributed by atoms with Crippen LogP contribution in [0.2, 0.25) is 0 Å². The zero-order chi connectivity index (χ0) is 25.2. The average molecular weight is 484 g/mol. The minimum atomic E-state index is -0.579. The van der Waals surface area contributed by atoms with Gasteiger partial charge in [-0.1, -0.05) is 12.6 Å². The molecule has 1 atom stereocenters. The van der Waals surface area contributed by atoms with Gasteiger partial charge in [-0.15, -0.1) is 0 Å². The number of nitriles is 1. The van der Waals surface area contributed by atoms with Crippen molar-refractivity contribution in [3.8, 4) is 34.6 Å². The molecule has 0 saturated carbocycles. The van der Waals surface area contributed by atoms with Gasteiger partial charge in [0.2, 0.25) is 11.7 Å². The maximum absolute atomic E-state index is 14.5. The second kappa shape index (κ2) is 9.50. The van der Waals surface area contributed by atoms with Gasteiger partial charge in [-0.3, -0.25) is 14.5 Å². The van der Waals surface area contributed by atoms with Crippen LogP contribution in [0.1, 0.15) is 18.0 Å². The highest BCUT2D eigenvalue weighted by Gasteiger charge is 2.29. The Labute approximate surface area is 206 Å². The van der Waals surface area contributed by atoms with E-state index in [0.717, 1.165) is 10.9 Å². The van der Waals surface area contributed by atoms with E-state index in [1.165, 1.54) is 31.5 Å². The van der Waals surface area contributed by atoms with E-state index in [-0.39, 0.29) is 23.4 Å². The van der Waals surface area contributed by atoms with Crippen molar-refractivity contribution in [3.63, 3.8) is 0 Å². The Hall–Kier alpha value is -4.71. The quantitative estimate of drug-likeness (QED) is 0.363. The van der Waals surface area contributed by atoms with Gasteiger partial charge < -0.3 is 14.4 Å². The summed E-state index contributed by atoms with van der Waals surface area (Å²) in [5.41, 5.74) is 2.53. The van der Waals surface area contributed by atoms with Crippen molar-refractivity contribution in [3.05, 3.63) is 78.9 Å². The first-order valence-electron chi connectivity index (χ1n) is 11.3. The molecule has 5 rings (SSSR count). The van der Waals surface area contributed by atoms with Crippen LogP contribution in [0.15, 0.2) is 67.5 Å². The number of aromatic nitrogens is 3. The van der Waals surface area contributed by atoms with Crippen LogP contribution in [0.5, 0.6) is 17.2 Å². The molecule has 0 N–H and O–H groups in total. The first-order chi connectivity index (χ1) is 17.5. The minimum absolute atomic E-state index is 0.0551. The van der Waals surface area contributed by atoms with Gasteiger partial charge in [0.1, 0.15) is 17.5 Å². The molecule has 1 aliphatic rings. The monoisotopic (exact) mass is 483 g/mol. The molecule has 0 bridgehead atoms. The maximum atomic E-state index is 14.5. The molecule has 0 aliphatic carbocycles. The second-order valence-electron chi connectivity index (χ2n) is 8.32. The molecule has 180 valence electrons. The smallest absolute Gasteiger partial charge is 0.246 e. The highest BCUT2D eigenvalue weighted by molar-refractivity contribution is 5.95. The first-order valence-corrected chi connectivity index (χ1v) is 11.3. The third-order valence-electron chi connectivity index (χ3n) is 6.23. The first kappa shape index (κ1) is 23.1. The van der Waals surface area contributed by atoms with Gasteiger partial charge in [0.15, 0.2) is 11.5 Å². The van der Waals surface area contributed by atoms with Crippen LogP contribution >= 0.6 is 0 Å². The Morgan fingerprint density at radius 3 is 2.72 bits per heavy atom. The van der Waals surface area contributed by atoms with Crippen LogP contribution in [-0.2, 0) is 4.79 Å². The molecule has 1 aliphatic heterocycles. The lowest BCUT2D eigenvalue weighted by Gasteiger charge is -2.15. The van der Waals surface area contributed by atoms with Gasteiger partial charge >= 0.3 is 0 Å². The molecule has 1 saturated heterocycles. The third-order valence-corrected chi connectivity index (χ3v) is 6.23. The van der Waals surface area contributed by atoms with E-state index in [1.807, 2.05) is 16.8 Å². The predicted octanol–water partition coefficient (Wildman–Crippen LogP) is 4.87. The van der Waals surface area contributed by atoms with Crippen LogP contribution in [0.3, 0.4) is 0 Å². The number of carbonyl (C=O) groups is 1. The topological polar surface area (TPSA) is 93.3 Å². The molecule has 1 unspecified atom stereocenters. The molecule has 2 aromatic carbocycles. The number of fused-ring (bicyclic) bond motifs is 1.